The van der Waals surface area contributed by atoms with Crippen LogP contribution in [0.5, 0.6) is 0 Å². The summed E-state index contributed by atoms with van der Waals surface area (Å²) in [6.45, 7) is 0. The third kappa shape index (κ3) is 11.9. The molecule has 0 spiro atoms. The van der Waals surface area contributed by atoms with Crippen LogP contribution in [0.1, 0.15) is 25.7 Å². The van der Waals surface area contributed by atoms with E-state index in [0.29, 0.717) is 12.8 Å². The van der Waals surface area contributed by atoms with Crippen molar-refractivity contribution in [3.05, 3.63) is 0 Å². The maximum atomic E-state index is 9.68. The van der Waals surface area contributed by atoms with Crippen molar-refractivity contribution in [1.82, 2.24) is 0 Å². The minimum absolute atomic E-state index is 0. The molecule has 0 saturated carbocycles. The van der Waals surface area contributed by atoms with E-state index in [1.807, 2.05) is 0 Å². The van der Waals surface area contributed by atoms with Crippen molar-refractivity contribution in [3.63, 3.8) is 0 Å². The molecule has 0 aromatic carbocycles. The zero-order valence-electron chi connectivity index (χ0n) is 4.80. The predicted octanol–water partition coefficient (Wildman–Crippen LogP) is 0.0284. The third-order valence-corrected chi connectivity index (χ3v) is 0.894. The molecule has 3 heteroatoms. The molecular weight excluding hydrogens is 144 g/mol. The first-order valence-electron chi connectivity index (χ1n) is 2.79. The number of unbranched alkanes of at least 4 members (excludes halogenated alkanes) is 3. The van der Waals surface area contributed by atoms with Gasteiger partial charge in [0.2, 0.25) is 0 Å². The van der Waals surface area contributed by atoms with E-state index in [1.165, 1.54) is 0 Å². The van der Waals surface area contributed by atoms with E-state index in [1.54, 1.807) is 0 Å². The van der Waals surface area contributed by atoms with Gasteiger partial charge in [0.1, 0.15) is 12.6 Å². The molecule has 0 aliphatic rings. The van der Waals surface area contributed by atoms with Crippen LogP contribution in [-0.2, 0) is 9.59 Å². The molecule has 0 fully saturated rings. The van der Waals surface area contributed by atoms with Crippen LogP contribution in [0, 0.1) is 0 Å². The Balaban J connectivity index is 0. The molecule has 9 heavy (non-hydrogen) atoms. The second-order valence-electron chi connectivity index (χ2n) is 1.62. The van der Waals surface area contributed by atoms with E-state index in [0.717, 1.165) is 25.4 Å². The number of carbonyl (C=O) groups excluding carboxylic acids is 2. The van der Waals surface area contributed by atoms with Crippen LogP contribution in [0.3, 0.4) is 0 Å². The molecular formula is C6H12CaO2. The molecule has 0 radical (unpaired) electrons. The Morgan fingerprint density at radius 2 is 1.22 bits per heavy atom. The Hall–Kier alpha value is 0.600. The van der Waals surface area contributed by atoms with Gasteiger partial charge in [0.05, 0.1) is 0 Å². The Morgan fingerprint density at radius 3 is 1.44 bits per heavy atom. The van der Waals surface area contributed by atoms with Crippen molar-refractivity contribution in [2.75, 3.05) is 0 Å². The molecule has 0 aliphatic carbocycles. The third-order valence-electron chi connectivity index (χ3n) is 0.894. The van der Waals surface area contributed by atoms with Gasteiger partial charge in [-0.1, -0.05) is 0 Å². The number of aldehydes is 2. The van der Waals surface area contributed by atoms with Crippen LogP contribution < -0.4 is 0 Å². The van der Waals surface area contributed by atoms with Crippen LogP contribution in [-0.4, -0.2) is 50.3 Å². The fourth-order valence-electron chi connectivity index (χ4n) is 0.455. The Morgan fingerprint density at radius 1 is 0.889 bits per heavy atom. The number of hydrogen-bond donors (Lipinski definition) is 0. The van der Waals surface area contributed by atoms with E-state index < -0.39 is 0 Å². The minimum atomic E-state index is 0. The van der Waals surface area contributed by atoms with E-state index in [-0.39, 0.29) is 37.7 Å². The van der Waals surface area contributed by atoms with E-state index in [2.05, 4.69) is 0 Å². The van der Waals surface area contributed by atoms with Crippen molar-refractivity contribution in [3.8, 4) is 0 Å². The SMILES string of the molecule is O=CCCCCC=O.[CaH2]. The van der Waals surface area contributed by atoms with Gasteiger partial charge in [-0.25, -0.2) is 0 Å². The van der Waals surface area contributed by atoms with Gasteiger partial charge in [-0.05, 0) is 12.8 Å². The van der Waals surface area contributed by atoms with E-state index in [9.17, 15) is 9.59 Å². The summed E-state index contributed by atoms with van der Waals surface area (Å²) in [4.78, 5) is 19.4. The summed E-state index contributed by atoms with van der Waals surface area (Å²) in [6, 6.07) is 0. The summed E-state index contributed by atoms with van der Waals surface area (Å²) >= 11 is 0. The zero-order chi connectivity index (χ0) is 6.24. The van der Waals surface area contributed by atoms with Crippen molar-refractivity contribution < 1.29 is 9.59 Å². The van der Waals surface area contributed by atoms with Crippen LogP contribution in [0.4, 0.5) is 0 Å². The average molecular weight is 156 g/mol. The Labute approximate surface area is 85.0 Å². The quantitative estimate of drug-likeness (QED) is 0.320. The first kappa shape index (κ1) is 12.3. The molecule has 0 aromatic rings. The van der Waals surface area contributed by atoms with Gasteiger partial charge in [-0.2, -0.15) is 0 Å². The van der Waals surface area contributed by atoms with Crippen LogP contribution in [0.2, 0.25) is 0 Å². The van der Waals surface area contributed by atoms with Gasteiger partial charge in [0.25, 0.3) is 0 Å². The molecule has 0 saturated heterocycles. The van der Waals surface area contributed by atoms with Gasteiger partial charge < -0.3 is 9.59 Å². The second-order valence-corrected chi connectivity index (χ2v) is 1.62. The van der Waals surface area contributed by atoms with Crippen molar-refractivity contribution in [2.24, 2.45) is 0 Å². The normalized spacial score (nSPS) is 7.56. The first-order valence-corrected chi connectivity index (χ1v) is 2.79. The molecule has 0 aromatic heterocycles. The molecule has 2 nitrogen and oxygen atoms in total. The number of rotatable bonds is 5. The summed E-state index contributed by atoms with van der Waals surface area (Å²) in [5, 5.41) is 0. The predicted molar refractivity (Wildman–Crippen MR) is 39.1 cm³/mol. The Kier molecular flexibility index (Phi) is 15.6. The summed E-state index contributed by atoms with van der Waals surface area (Å²) in [6.07, 6.45) is 4.64. The van der Waals surface area contributed by atoms with Crippen molar-refractivity contribution in [1.29, 1.82) is 0 Å². The van der Waals surface area contributed by atoms with Crippen molar-refractivity contribution >= 4 is 50.3 Å². The first-order chi connectivity index (χ1) is 3.91. The molecule has 0 unspecified atom stereocenters. The zero-order valence-corrected chi connectivity index (χ0v) is 4.80. The van der Waals surface area contributed by atoms with Crippen LogP contribution in [0.25, 0.3) is 0 Å². The van der Waals surface area contributed by atoms with Gasteiger partial charge in [-0.15, -0.1) is 0 Å². The number of hydrogen-bond acceptors (Lipinski definition) is 2. The summed E-state index contributed by atoms with van der Waals surface area (Å²) < 4.78 is 0. The van der Waals surface area contributed by atoms with E-state index in [4.69, 9.17) is 0 Å². The molecule has 0 heterocycles. The van der Waals surface area contributed by atoms with Gasteiger partial charge in [0, 0.05) is 12.8 Å². The van der Waals surface area contributed by atoms with E-state index >= 15 is 0 Å². The molecule has 50 valence electrons. The van der Waals surface area contributed by atoms with Gasteiger partial charge in [-0.3, -0.25) is 0 Å². The van der Waals surface area contributed by atoms with Crippen LogP contribution >= 0.6 is 0 Å². The average Bonchev–Trinajstić information content (AvgIpc) is 1.81. The summed E-state index contributed by atoms with van der Waals surface area (Å²) in [7, 11) is 0. The maximum absolute atomic E-state index is 9.68. The Bertz CT molecular complexity index is 63.5. The number of carbonyl (C=O) groups is 2. The van der Waals surface area contributed by atoms with Gasteiger partial charge >= 0.3 is 37.7 Å². The fourth-order valence-corrected chi connectivity index (χ4v) is 0.455. The standard InChI is InChI=1S/C6H10O2.Ca.2H/c7-5-3-1-2-4-6-8;;;/h5-6H,1-4H2;;;. The monoisotopic (exact) mass is 156 g/mol. The van der Waals surface area contributed by atoms with Crippen molar-refractivity contribution in [2.45, 2.75) is 25.7 Å². The molecule has 0 N–H and O–H groups in total. The topological polar surface area (TPSA) is 34.1 Å². The second kappa shape index (κ2) is 11.4. The summed E-state index contributed by atoms with van der Waals surface area (Å²) in [5.41, 5.74) is 0. The molecule has 0 amide bonds. The van der Waals surface area contributed by atoms with Gasteiger partial charge in [0.15, 0.2) is 0 Å². The molecule has 0 bridgehead atoms. The fraction of sp³-hybridized carbons (Fsp3) is 0.667. The molecule has 0 rings (SSSR count). The summed E-state index contributed by atoms with van der Waals surface area (Å²) in [5.74, 6) is 0. The molecule has 0 aliphatic heterocycles. The van der Waals surface area contributed by atoms with Crippen LogP contribution in [0.15, 0.2) is 0 Å². The molecule has 0 atom stereocenters.